The summed E-state index contributed by atoms with van der Waals surface area (Å²) in [5.41, 5.74) is 1.50. The molecule has 0 saturated heterocycles. The van der Waals surface area contributed by atoms with Crippen molar-refractivity contribution < 1.29 is 14.3 Å². The second kappa shape index (κ2) is 8.82. The van der Waals surface area contributed by atoms with Gasteiger partial charge in [0.15, 0.2) is 0 Å². The van der Waals surface area contributed by atoms with Gasteiger partial charge < -0.3 is 15.4 Å². The lowest BCUT2D eigenvalue weighted by Crippen LogP contribution is -2.27. The molecule has 1 heterocycles. The maximum absolute atomic E-state index is 12.2. The number of pyridine rings is 1. The van der Waals surface area contributed by atoms with E-state index < -0.39 is 5.97 Å². The second-order valence-corrected chi connectivity index (χ2v) is 5.92. The van der Waals surface area contributed by atoms with Gasteiger partial charge in [0.2, 0.25) is 0 Å². The molecule has 0 saturated carbocycles. The van der Waals surface area contributed by atoms with Crippen molar-refractivity contribution in [1.29, 1.82) is 0 Å². The van der Waals surface area contributed by atoms with Gasteiger partial charge in [0.25, 0.3) is 5.91 Å². The molecule has 1 aromatic carbocycles. The fourth-order valence-electron chi connectivity index (χ4n) is 2.16. The Balaban J connectivity index is 2.18. The van der Waals surface area contributed by atoms with Crippen LogP contribution in [0.25, 0.3) is 0 Å². The summed E-state index contributed by atoms with van der Waals surface area (Å²) >= 11 is 0. The topological polar surface area (TPSA) is 80.3 Å². The van der Waals surface area contributed by atoms with Crippen molar-refractivity contribution in [2.75, 3.05) is 18.5 Å². The average Bonchev–Trinajstić information content (AvgIpc) is 2.60. The van der Waals surface area contributed by atoms with Crippen LogP contribution in [0.4, 0.5) is 11.5 Å². The number of anilines is 2. The van der Waals surface area contributed by atoms with E-state index in [1.54, 1.807) is 43.5 Å². The van der Waals surface area contributed by atoms with Crippen LogP contribution in [0.2, 0.25) is 0 Å². The number of carbonyl (C=O) groups excluding carboxylic acids is 2. The average molecular weight is 341 g/mol. The minimum absolute atomic E-state index is 0.155. The number of hydrogen-bond acceptors (Lipinski definition) is 5. The molecule has 0 atom stereocenters. The number of para-hydroxylation sites is 1. The fourth-order valence-corrected chi connectivity index (χ4v) is 2.16. The number of ether oxygens (including phenoxy) is 1. The highest BCUT2D eigenvalue weighted by molar-refractivity contribution is 5.97. The first-order chi connectivity index (χ1) is 12.0. The summed E-state index contributed by atoms with van der Waals surface area (Å²) in [5.74, 6) is 0.294. The van der Waals surface area contributed by atoms with E-state index in [4.69, 9.17) is 4.74 Å². The number of carbonyl (C=O) groups is 2. The van der Waals surface area contributed by atoms with Crippen LogP contribution >= 0.6 is 0 Å². The van der Waals surface area contributed by atoms with Crippen LogP contribution in [0.1, 0.15) is 41.5 Å². The van der Waals surface area contributed by atoms with E-state index in [0.717, 1.165) is 0 Å². The Bertz CT molecular complexity index is 744. The summed E-state index contributed by atoms with van der Waals surface area (Å²) in [6, 6.07) is 10.3. The van der Waals surface area contributed by atoms with Crippen LogP contribution in [-0.2, 0) is 4.74 Å². The van der Waals surface area contributed by atoms with Crippen LogP contribution in [0.15, 0.2) is 42.6 Å². The molecule has 2 rings (SSSR count). The lowest BCUT2D eigenvalue weighted by atomic mass is 10.1. The molecule has 0 aliphatic rings. The Morgan fingerprint density at radius 1 is 1.20 bits per heavy atom. The number of nitrogens with zero attached hydrogens (tertiary/aromatic N) is 1. The molecule has 0 unspecified atom stereocenters. The maximum Gasteiger partial charge on any atom is 0.340 e. The summed E-state index contributed by atoms with van der Waals surface area (Å²) in [5, 5.41) is 5.95. The molecule has 0 bridgehead atoms. The Kier molecular flexibility index (Phi) is 6.51. The zero-order chi connectivity index (χ0) is 18.2. The van der Waals surface area contributed by atoms with Crippen molar-refractivity contribution in [3.8, 4) is 0 Å². The molecule has 132 valence electrons. The molecule has 0 radical (unpaired) electrons. The molecule has 2 aromatic rings. The van der Waals surface area contributed by atoms with Crippen molar-refractivity contribution in [1.82, 2.24) is 10.3 Å². The molecule has 6 nitrogen and oxygen atoms in total. The molecular weight excluding hydrogens is 318 g/mol. The number of aromatic nitrogens is 1. The molecule has 0 fully saturated rings. The van der Waals surface area contributed by atoms with Crippen molar-refractivity contribution >= 4 is 23.4 Å². The van der Waals surface area contributed by atoms with E-state index in [2.05, 4.69) is 15.6 Å². The summed E-state index contributed by atoms with van der Waals surface area (Å²) in [4.78, 5) is 28.4. The van der Waals surface area contributed by atoms with E-state index in [0.29, 0.717) is 41.7 Å². The number of rotatable bonds is 7. The summed E-state index contributed by atoms with van der Waals surface area (Å²) < 4.78 is 5.06. The molecule has 0 aliphatic carbocycles. The first-order valence-electron chi connectivity index (χ1n) is 8.28. The Morgan fingerprint density at radius 2 is 1.96 bits per heavy atom. The summed E-state index contributed by atoms with van der Waals surface area (Å²) in [6.45, 7) is 6.74. The fraction of sp³-hybridized carbons (Fsp3) is 0.316. The van der Waals surface area contributed by atoms with Crippen LogP contribution < -0.4 is 10.6 Å². The van der Waals surface area contributed by atoms with Gasteiger partial charge in [0.05, 0.1) is 17.9 Å². The van der Waals surface area contributed by atoms with Gasteiger partial charge in [0.1, 0.15) is 5.82 Å². The first-order valence-corrected chi connectivity index (χ1v) is 8.28. The minimum atomic E-state index is -0.406. The number of benzene rings is 1. The lowest BCUT2D eigenvalue weighted by molar-refractivity contribution is 0.0527. The van der Waals surface area contributed by atoms with Gasteiger partial charge in [-0.2, -0.15) is 0 Å². The second-order valence-electron chi connectivity index (χ2n) is 5.92. The van der Waals surface area contributed by atoms with Crippen LogP contribution in [0.3, 0.4) is 0 Å². The summed E-state index contributed by atoms with van der Waals surface area (Å²) in [6.07, 6.45) is 1.56. The predicted molar refractivity (Wildman–Crippen MR) is 97.1 cm³/mol. The molecule has 0 spiro atoms. The van der Waals surface area contributed by atoms with Gasteiger partial charge in [-0.1, -0.05) is 26.0 Å². The highest BCUT2D eigenvalue weighted by Gasteiger charge is 2.13. The first kappa shape index (κ1) is 18.4. The van der Waals surface area contributed by atoms with E-state index >= 15 is 0 Å². The molecule has 25 heavy (non-hydrogen) atoms. The van der Waals surface area contributed by atoms with E-state index in [-0.39, 0.29) is 5.91 Å². The standard InChI is InChI=1S/C19H23N3O3/c1-4-25-19(24)15-7-5-6-8-16(15)22-17-11-14(9-10-20-17)18(23)21-12-13(2)3/h5-11,13H,4,12H2,1-3H3,(H,20,22)(H,21,23). The van der Waals surface area contributed by atoms with Crippen LogP contribution in [0.5, 0.6) is 0 Å². The van der Waals surface area contributed by atoms with Crippen molar-refractivity contribution in [3.05, 3.63) is 53.7 Å². The highest BCUT2D eigenvalue weighted by Crippen LogP contribution is 2.21. The van der Waals surface area contributed by atoms with Crippen LogP contribution in [-0.4, -0.2) is 30.0 Å². The monoisotopic (exact) mass is 341 g/mol. The molecule has 2 N–H and O–H groups in total. The number of nitrogens with one attached hydrogen (secondary N) is 2. The molecule has 0 aliphatic heterocycles. The minimum Gasteiger partial charge on any atom is -0.462 e. The quantitative estimate of drug-likeness (QED) is 0.755. The SMILES string of the molecule is CCOC(=O)c1ccccc1Nc1cc(C(=O)NCC(C)C)ccn1. The number of hydrogen-bond donors (Lipinski definition) is 2. The lowest BCUT2D eigenvalue weighted by Gasteiger charge is -2.12. The van der Waals surface area contributed by atoms with E-state index in [9.17, 15) is 9.59 Å². The third kappa shape index (κ3) is 5.31. The molecule has 6 heteroatoms. The maximum atomic E-state index is 12.2. The third-order valence-corrected chi connectivity index (χ3v) is 3.38. The summed E-state index contributed by atoms with van der Waals surface area (Å²) in [7, 11) is 0. The van der Waals surface area contributed by atoms with Gasteiger partial charge in [-0.05, 0) is 37.1 Å². The zero-order valence-electron chi connectivity index (χ0n) is 14.7. The zero-order valence-corrected chi connectivity index (χ0v) is 14.7. The van der Waals surface area contributed by atoms with Crippen molar-refractivity contribution in [2.24, 2.45) is 5.92 Å². The molecular formula is C19H23N3O3. The normalized spacial score (nSPS) is 10.4. The Morgan fingerprint density at radius 3 is 2.68 bits per heavy atom. The van der Waals surface area contributed by atoms with E-state index in [1.165, 1.54) is 0 Å². The van der Waals surface area contributed by atoms with Crippen LogP contribution in [0, 0.1) is 5.92 Å². The van der Waals surface area contributed by atoms with Crippen molar-refractivity contribution in [2.45, 2.75) is 20.8 Å². The van der Waals surface area contributed by atoms with Gasteiger partial charge in [0, 0.05) is 18.3 Å². The number of amides is 1. The third-order valence-electron chi connectivity index (χ3n) is 3.38. The van der Waals surface area contributed by atoms with Gasteiger partial charge >= 0.3 is 5.97 Å². The van der Waals surface area contributed by atoms with Gasteiger partial charge in [-0.3, -0.25) is 4.79 Å². The largest absolute Gasteiger partial charge is 0.462 e. The Hall–Kier alpha value is -2.89. The van der Waals surface area contributed by atoms with Crippen molar-refractivity contribution in [3.63, 3.8) is 0 Å². The van der Waals surface area contributed by atoms with Gasteiger partial charge in [-0.15, -0.1) is 0 Å². The molecule has 1 aromatic heterocycles. The highest BCUT2D eigenvalue weighted by atomic mass is 16.5. The smallest absolute Gasteiger partial charge is 0.340 e. The van der Waals surface area contributed by atoms with Gasteiger partial charge in [-0.25, -0.2) is 9.78 Å². The number of esters is 1. The molecule has 1 amide bonds. The Labute approximate surface area is 147 Å². The van der Waals surface area contributed by atoms with E-state index in [1.807, 2.05) is 19.9 Å². The predicted octanol–water partition coefficient (Wildman–Crippen LogP) is 3.39.